The van der Waals surface area contributed by atoms with Crippen LogP contribution >= 0.6 is 0 Å². The third kappa shape index (κ3) is 3.23. The third-order valence-corrected chi connectivity index (χ3v) is 4.81. The van der Waals surface area contributed by atoms with Crippen LogP contribution in [0.2, 0.25) is 0 Å². The van der Waals surface area contributed by atoms with Crippen molar-refractivity contribution in [2.75, 3.05) is 59.0 Å². The highest BCUT2D eigenvalue weighted by Gasteiger charge is 2.26. The standard InChI is InChI=1S/C14H28N4/c1-2-6-16(7-3-1)13-17-8-10-18(11-9-17)14-4-5-15-12-14/h14-15H,1-13H2/t14-/m1/s1. The molecule has 0 aromatic rings. The number of nitrogens with zero attached hydrogens (tertiary/aromatic N) is 3. The Balaban J connectivity index is 1.39. The average molecular weight is 252 g/mol. The molecule has 0 aromatic carbocycles. The van der Waals surface area contributed by atoms with Crippen LogP contribution in [0, 0.1) is 0 Å². The lowest BCUT2D eigenvalue weighted by Gasteiger charge is -2.40. The van der Waals surface area contributed by atoms with Gasteiger partial charge in [0.2, 0.25) is 0 Å². The van der Waals surface area contributed by atoms with Gasteiger partial charge in [-0.1, -0.05) is 6.42 Å². The second-order valence-corrected chi connectivity index (χ2v) is 6.12. The maximum Gasteiger partial charge on any atom is 0.0507 e. The van der Waals surface area contributed by atoms with E-state index in [4.69, 9.17) is 0 Å². The van der Waals surface area contributed by atoms with Gasteiger partial charge in [0.25, 0.3) is 0 Å². The van der Waals surface area contributed by atoms with Gasteiger partial charge in [-0.3, -0.25) is 14.7 Å². The Morgan fingerprint density at radius 1 is 0.833 bits per heavy atom. The number of hydrogen-bond donors (Lipinski definition) is 1. The quantitative estimate of drug-likeness (QED) is 0.785. The summed E-state index contributed by atoms with van der Waals surface area (Å²) in [6.07, 6.45) is 5.62. The van der Waals surface area contributed by atoms with Gasteiger partial charge in [-0.25, -0.2) is 0 Å². The zero-order chi connectivity index (χ0) is 12.2. The van der Waals surface area contributed by atoms with E-state index >= 15 is 0 Å². The van der Waals surface area contributed by atoms with Crippen molar-refractivity contribution in [1.82, 2.24) is 20.0 Å². The molecule has 0 radical (unpaired) electrons. The lowest BCUT2D eigenvalue weighted by Crippen LogP contribution is -2.53. The van der Waals surface area contributed by atoms with Crippen molar-refractivity contribution in [1.29, 1.82) is 0 Å². The van der Waals surface area contributed by atoms with E-state index in [9.17, 15) is 0 Å². The van der Waals surface area contributed by atoms with E-state index < -0.39 is 0 Å². The highest BCUT2D eigenvalue weighted by Crippen LogP contribution is 2.14. The fourth-order valence-electron chi connectivity index (χ4n) is 3.60. The number of piperazine rings is 1. The van der Waals surface area contributed by atoms with Crippen molar-refractivity contribution in [2.24, 2.45) is 0 Å². The lowest BCUT2D eigenvalue weighted by atomic mass is 10.1. The molecule has 1 N–H and O–H groups in total. The number of piperidine rings is 1. The smallest absolute Gasteiger partial charge is 0.0507 e. The van der Waals surface area contributed by atoms with Crippen molar-refractivity contribution in [3.63, 3.8) is 0 Å². The van der Waals surface area contributed by atoms with Gasteiger partial charge in [0, 0.05) is 38.8 Å². The van der Waals surface area contributed by atoms with Gasteiger partial charge in [0.1, 0.15) is 0 Å². The van der Waals surface area contributed by atoms with Crippen LogP contribution in [0.25, 0.3) is 0 Å². The molecule has 0 saturated carbocycles. The molecule has 0 unspecified atom stereocenters. The van der Waals surface area contributed by atoms with Crippen LogP contribution in [-0.4, -0.2) is 79.8 Å². The van der Waals surface area contributed by atoms with Crippen molar-refractivity contribution >= 4 is 0 Å². The van der Waals surface area contributed by atoms with Gasteiger partial charge in [0.15, 0.2) is 0 Å². The van der Waals surface area contributed by atoms with Crippen LogP contribution in [0.4, 0.5) is 0 Å². The number of rotatable bonds is 3. The highest BCUT2D eigenvalue weighted by atomic mass is 15.4. The fraction of sp³-hybridized carbons (Fsp3) is 1.00. The van der Waals surface area contributed by atoms with Crippen molar-refractivity contribution in [3.05, 3.63) is 0 Å². The normalized spacial score (nSPS) is 33.0. The van der Waals surface area contributed by atoms with Crippen LogP contribution in [0.1, 0.15) is 25.7 Å². The molecular formula is C14H28N4. The summed E-state index contributed by atoms with van der Waals surface area (Å²) in [7, 11) is 0. The molecule has 1 atom stereocenters. The maximum atomic E-state index is 3.48. The Kier molecular flexibility index (Phi) is 4.52. The Morgan fingerprint density at radius 2 is 1.56 bits per heavy atom. The molecule has 0 aromatic heterocycles. The first kappa shape index (κ1) is 12.9. The highest BCUT2D eigenvalue weighted by molar-refractivity contribution is 4.84. The summed E-state index contributed by atoms with van der Waals surface area (Å²) in [5, 5.41) is 3.48. The topological polar surface area (TPSA) is 21.8 Å². The van der Waals surface area contributed by atoms with Crippen LogP contribution < -0.4 is 5.32 Å². The summed E-state index contributed by atoms with van der Waals surface area (Å²) in [6.45, 7) is 11.4. The summed E-state index contributed by atoms with van der Waals surface area (Å²) >= 11 is 0. The molecule has 18 heavy (non-hydrogen) atoms. The van der Waals surface area contributed by atoms with E-state index in [-0.39, 0.29) is 0 Å². The predicted molar refractivity (Wildman–Crippen MR) is 74.7 cm³/mol. The minimum atomic E-state index is 0.821. The van der Waals surface area contributed by atoms with Crippen molar-refractivity contribution < 1.29 is 0 Å². The molecule has 0 aliphatic carbocycles. The maximum absolute atomic E-state index is 3.48. The van der Waals surface area contributed by atoms with Gasteiger partial charge >= 0.3 is 0 Å². The summed E-state index contributed by atoms with van der Waals surface area (Å²) in [5.41, 5.74) is 0. The molecular weight excluding hydrogens is 224 g/mol. The summed E-state index contributed by atoms with van der Waals surface area (Å²) in [5.74, 6) is 0. The molecule has 3 fully saturated rings. The molecule has 3 aliphatic heterocycles. The van der Waals surface area contributed by atoms with E-state index in [1.165, 1.54) is 84.7 Å². The monoisotopic (exact) mass is 252 g/mol. The number of likely N-dealkylation sites (tertiary alicyclic amines) is 1. The molecule has 4 heteroatoms. The first-order valence-corrected chi connectivity index (χ1v) is 7.81. The van der Waals surface area contributed by atoms with E-state index in [1.54, 1.807) is 0 Å². The zero-order valence-electron chi connectivity index (χ0n) is 11.6. The first-order chi connectivity index (χ1) is 8.92. The molecule has 3 heterocycles. The fourth-order valence-corrected chi connectivity index (χ4v) is 3.60. The van der Waals surface area contributed by atoms with E-state index in [0.717, 1.165) is 6.04 Å². The van der Waals surface area contributed by atoms with Gasteiger partial charge in [-0.2, -0.15) is 0 Å². The van der Waals surface area contributed by atoms with Crippen LogP contribution in [0.3, 0.4) is 0 Å². The number of nitrogens with one attached hydrogen (secondary N) is 1. The Labute approximate surface area is 111 Å². The van der Waals surface area contributed by atoms with Crippen LogP contribution in [-0.2, 0) is 0 Å². The molecule has 0 bridgehead atoms. The zero-order valence-corrected chi connectivity index (χ0v) is 11.6. The third-order valence-electron chi connectivity index (χ3n) is 4.81. The van der Waals surface area contributed by atoms with Crippen molar-refractivity contribution in [3.8, 4) is 0 Å². The summed E-state index contributed by atoms with van der Waals surface area (Å²) < 4.78 is 0. The number of hydrogen-bond acceptors (Lipinski definition) is 4. The van der Waals surface area contributed by atoms with Gasteiger partial charge in [0.05, 0.1) is 6.67 Å². The van der Waals surface area contributed by atoms with Gasteiger partial charge < -0.3 is 5.32 Å². The molecule has 3 saturated heterocycles. The molecule has 3 rings (SSSR count). The van der Waals surface area contributed by atoms with Crippen LogP contribution in [0.15, 0.2) is 0 Å². The predicted octanol–water partition coefficient (Wildman–Crippen LogP) is 0.409. The van der Waals surface area contributed by atoms with Gasteiger partial charge in [-0.15, -0.1) is 0 Å². The average Bonchev–Trinajstić information content (AvgIpc) is 2.95. The lowest BCUT2D eigenvalue weighted by molar-refractivity contribution is 0.0511. The largest absolute Gasteiger partial charge is 0.315 e. The molecule has 0 spiro atoms. The molecule has 3 aliphatic rings. The van der Waals surface area contributed by atoms with E-state index in [0.29, 0.717) is 0 Å². The first-order valence-electron chi connectivity index (χ1n) is 7.81. The van der Waals surface area contributed by atoms with E-state index in [1.807, 2.05) is 0 Å². The molecule has 0 amide bonds. The molecule has 104 valence electrons. The second kappa shape index (κ2) is 6.33. The summed E-state index contributed by atoms with van der Waals surface area (Å²) in [4.78, 5) is 8.01. The minimum Gasteiger partial charge on any atom is -0.315 e. The van der Waals surface area contributed by atoms with Crippen LogP contribution in [0.5, 0.6) is 0 Å². The van der Waals surface area contributed by atoms with Crippen molar-refractivity contribution in [2.45, 2.75) is 31.7 Å². The SMILES string of the molecule is C1CCN(CN2CCN([C@@H]3CCNC3)CC2)CC1. The van der Waals surface area contributed by atoms with E-state index in [2.05, 4.69) is 20.0 Å². The Morgan fingerprint density at radius 3 is 2.22 bits per heavy atom. The van der Waals surface area contributed by atoms with Gasteiger partial charge in [-0.05, 0) is 38.9 Å². The molecule has 4 nitrogen and oxygen atoms in total. The summed E-state index contributed by atoms with van der Waals surface area (Å²) in [6, 6.07) is 0.821. The Bertz CT molecular complexity index is 238. The Hall–Kier alpha value is -0.160. The second-order valence-electron chi connectivity index (χ2n) is 6.12. The minimum absolute atomic E-state index is 0.821.